The SMILES string of the molecule is C=C(O)n1cccn1. The number of rotatable bonds is 1. The van der Waals surface area contributed by atoms with Crippen LogP contribution in [0.3, 0.4) is 0 Å². The Balaban J connectivity index is 2.93. The smallest absolute Gasteiger partial charge is 0.204 e. The Morgan fingerprint density at radius 2 is 2.50 bits per heavy atom. The van der Waals surface area contributed by atoms with Crippen LogP contribution in [0.2, 0.25) is 0 Å². The van der Waals surface area contributed by atoms with Crippen LogP contribution in [-0.4, -0.2) is 14.9 Å². The first kappa shape index (κ1) is 4.90. The minimum Gasteiger partial charge on any atom is -0.494 e. The molecule has 0 spiro atoms. The molecule has 0 aromatic carbocycles. The van der Waals surface area contributed by atoms with Crippen molar-refractivity contribution in [2.45, 2.75) is 0 Å². The number of aliphatic hydroxyl groups is 1. The van der Waals surface area contributed by atoms with E-state index in [1.807, 2.05) is 0 Å². The first-order valence-corrected chi connectivity index (χ1v) is 2.18. The largest absolute Gasteiger partial charge is 0.494 e. The molecule has 0 aliphatic carbocycles. The highest BCUT2D eigenvalue weighted by atomic mass is 16.3. The highest BCUT2D eigenvalue weighted by Crippen LogP contribution is 1.90. The van der Waals surface area contributed by atoms with Crippen LogP contribution < -0.4 is 0 Å². The van der Waals surface area contributed by atoms with E-state index in [1.54, 1.807) is 18.5 Å². The Morgan fingerprint density at radius 1 is 1.75 bits per heavy atom. The number of aromatic nitrogens is 2. The van der Waals surface area contributed by atoms with E-state index in [0.29, 0.717) is 0 Å². The number of aliphatic hydroxyl groups excluding tert-OH is 1. The maximum atomic E-state index is 8.62. The molecule has 1 N–H and O–H groups in total. The molecule has 0 saturated carbocycles. The van der Waals surface area contributed by atoms with Crippen LogP contribution in [0.5, 0.6) is 0 Å². The molecule has 3 nitrogen and oxygen atoms in total. The monoisotopic (exact) mass is 110 g/mol. The van der Waals surface area contributed by atoms with Gasteiger partial charge >= 0.3 is 0 Å². The summed E-state index contributed by atoms with van der Waals surface area (Å²) in [6, 6.07) is 1.71. The Bertz CT molecular complexity index is 178. The molecular weight excluding hydrogens is 104 g/mol. The Kier molecular flexibility index (Phi) is 1.04. The average molecular weight is 110 g/mol. The van der Waals surface area contributed by atoms with E-state index in [2.05, 4.69) is 11.7 Å². The fraction of sp³-hybridized carbons (Fsp3) is 0. The van der Waals surface area contributed by atoms with E-state index in [1.165, 1.54) is 4.68 Å². The molecule has 0 unspecified atom stereocenters. The Hall–Kier alpha value is -1.25. The first-order valence-electron chi connectivity index (χ1n) is 2.18. The van der Waals surface area contributed by atoms with Crippen LogP contribution in [0.4, 0.5) is 0 Å². The van der Waals surface area contributed by atoms with Crippen molar-refractivity contribution < 1.29 is 5.11 Å². The van der Waals surface area contributed by atoms with Crippen LogP contribution in [-0.2, 0) is 0 Å². The van der Waals surface area contributed by atoms with Gasteiger partial charge < -0.3 is 5.11 Å². The molecule has 1 aromatic heterocycles. The maximum absolute atomic E-state index is 8.62. The third kappa shape index (κ3) is 0.703. The summed E-state index contributed by atoms with van der Waals surface area (Å²) < 4.78 is 1.28. The molecule has 0 radical (unpaired) electrons. The average Bonchev–Trinajstić information content (AvgIpc) is 2.12. The van der Waals surface area contributed by atoms with Gasteiger partial charge in [-0.3, -0.25) is 0 Å². The Morgan fingerprint density at radius 3 is 2.75 bits per heavy atom. The lowest BCUT2D eigenvalue weighted by Crippen LogP contribution is -1.92. The number of hydrogen-bond acceptors (Lipinski definition) is 2. The zero-order valence-electron chi connectivity index (χ0n) is 4.28. The van der Waals surface area contributed by atoms with Crippen LogP contribution in [0.25, 0.3) is 5.88 Å². The van der Waals surface area contributed by atoms with Gasteiger partial charge in [-0.2, -0.15) is 5.10 Å². The standard InChI is InChI=1S/C5H6N2O/c1-5(8)7-4-2-3-6-7/h2-4,8H,1H2. The third-order valence-electron chi connectivity index (χ3n) is 0.769. The molecule has 42 valence electrons. The van der Waals surface area contributed by atoms with Gasteiger partial charge in [0.2, 0.25) is 5.88 Å². The van der Waals surface area contributed by atoms with Crippen molar-refractivity contribution in [2.24, 2.45) is 0 Å². The fourth-order valence-electron chi connectivity index (χ4n) is 0.421. The quantitative estimate of drug-likeness (QED) is 0.544. The second-order valence-corrected chi connectivity index (χ2v) is 1.37. The van der Waals surface area contributed by atoms with Gasteiger partial charge in [0.25, 0.3) is 0 Å². The van der Waals surface area contributed by atoms with Crippen molar-refractivity contribution in [1.29, 1.82) is 0 Å². The van der Waals surface area contributed by atoms with Crippen molar-refractivity contribution in [3.8, 4) is 0 Å². The summed E-state index contributed by atoms with van der Waals surface area (Å²) in [6.45, 7) is 3.25. The summed E-state index contributed by atoms with van der Waals surface area (Å²) in [6.07, 6.45) is 3.18. The van der Waals surface area contributed by atoms with Gasteiger partial charge in [0.15, 0.2) is 0 Å². The maximum Gasteiger partial charge on any atom is 0.204 e. The molecule has 1 aromatic rings. The lowest BCUT2D eigenvalue weighted by Gasteiger charge is -1.91. The lowest BCUT2D eigenvalue weighted by atomic mass is 10.7. The first-order chi connectivity index (χ1) is 3.80. The summed E-state index contributed by atoms with van der Waals surface area (Å²) in [4.78, 5) is 0. The molecule has 0 aliphatic heterocycles. The van der Waals surface area contributed by atoms with Crippen molar-refractivity contribution in [1.82, 2.24) is 9.78 Å². The molecule has 8 heavy (non-hydrogen) atoms. The zero-order valence-corrected chi connectivity index (χ0v) is 4.28. The van der Waals surface area contributed by atoms with Crippen molar-refractivity contribution in [3.05, 3.63) is 25.0 Å². The fourth-order valence-corrected chi connectivity index (χ4v) is 0.421. The van der Waals surface area contributed by atoms with Gasteiger partial charge in [-0.25, -0.2) is 4.68 Å². The second-order valence-electron chi connectivity index (χ2n) is 1.37. The summed E-state index contributed by atoms with van der Waals surface area (Å²) in [7, 11) is 0. The van der Waals surface area contributed by atoms with Crippen LogP contribution in [0.1, 0.15) is 0 Å². The molecule has 0 amide bonds. The van der Waals surface area contributed by atoms with E-state index in [9.17, 15) is 0 Å². The van der Waals surface area contributed by atoms with Crippen LogP contribution in [0.15, 0.2) is 25.0 Å². The molecule has 0 bridgehead atoms. The van der Waals surface area contributed by atoms with Crippen molar-refractivity contribution in [2.75, 3.05) is 0 Å². The van der Waals surface area contributed by atoms with Gasteiger partial charge in [0, 0.05) is 12.4 Å². The molecule has 1 heterocycles. The number of hydrogen-bond donors (Lipinski definition) is 1. The molecule has 0 saturated heterocycles. The van der Waals surface area contributed by atoms with Gasteiger partial charge in [-0.1, -0.05) is 0 Å². The van der Waals surface area contributed by atoms with Gasteiger partial charge in [-0.15, -0.1) is 0 Å². The molecule has 3 heteroatoms. The summed E-state index contributed by atoms with van der Waals surface area (Å²) in [5, 5.41) is 12.3. The third-order valence-corrected chi connectivity index (χ3v) is 0.769. The predicted molar refractivity (Wildman–Crippen MR) is 30.2 cm³/mol. The predicted octanol–water partition coefficient (Wildman–Crippen LogP) is 0.869. The number of nitrogens with zero attached hydrogens (tertiary/aromatic N) is 2. The van der Waals surface area contributed by atoms with Crippen LogP contribution >= 0.6 is 0 Å². The van der Waals surface area contributed by atoms with E-state index < -0.39 is 0 Å². The molecule has 1 rings (SSSR count). The highest BCUT2D eigenvalue weighted by Gasteiger charge is 1.87. The molecule has 0 fully saturated rings. The normalized spacial score (nSPS) is 9.00. The summed E-state index contributed by atoms with van der Waals surface area (Å²) >= 11 is 0. The molecule has 0 atom stereocenters. The lowest BCUT2D eigenvalue weighted by molar-refractivity contribution is 0.460. The molecular formula is C5H6N2O. The minimum atomic E-state index is -0.0602. The van der Waals surface area contributed by atoms with E-state index >= 15 is 0 Å². The summed E-state index contributed by atoms with van der Waals surface area (Å²) in [5.74, 6) is -0.0602. The van der Waals surface area contributed by atoms with Gasteiger partial charge in [0.05, 0.1) is 0 Å². The van der Waals surface area contributed by atoms with Crippen LogP contribution in [0, 0.1) is 0 Å². The van der Waals surface area contributed by atoms with E-state index in [4.69, 9.17) is 5.11 Å². The van der Waals surface area contributed by atoms with Gasteiger partial charge in [0.1, 0.15) is 0 Å². The minimum absolute atomic E-state index is 0.0602. The highest BCUT2D eigenvalue weighted by molar-refractivity contribution is 5.26. The van der Waals surface area contributed by atoms with Gasteiger partial charge in [-0.05, 0) is 12.6 Å². The van der Waals surface area contributed by atoms with Crippen molar-refractivity contribution >= 4 is 5.88 Å². The van der Waals surface area contributed by atoms with E-state index in [0.717, 1.165) is 0 Å². The second kappa shape index (κ2) is 1.69. The Labute approximate surface area is 46.9 Å². The van der Waals surface area contributed by atoms with E-state index in [-0.39, 0.29) is 5.88 Å². The zero-order chi connectivity index (χ0) is 5.98. The topological polar surface area (TPSA) is 38.0 Å². The summed E-state index contributed by atoms with van der Waals surface area (Å²) in [5.41, 5.74) is 0. The van der Waals surface area contributed by atoms with Crippen molar-refractivity contribution in [3.63, 3.8) is 0 Å². The molecule has 0 aliphatic rings.